The van der Waals surface area contributed by atoms with E-state index < -0.39 is 5.97 Å². The zero-order chi connectivity index (χ0) is 15.5. The standard InChI is InChI=1S/C15H21N5O2/c1-18-7-3-4-13(18)10-19-8-5-12(6-9-19)20-11-14(16-17-20)15(21)22-2/h3-4,7,11-12H,5-6,8-10H2,1-2H3. The van der Waals surface area contributed by atoms with Gasteiger partial charge in [0.15, 0.2) is 5.69 Å². The number of methoxy groups -OCH3 is 1. The first-order chi connectivity index (χ1) is 10.7. The van der Waals surface area contributed by atoms with E-state index in [4.69, 9.17) is 0 Å². The van der Waals surface area contributed by atoms with Crippen LogP contribution in [0.3, 0.4) is 0 Å². The second-order valence-corrected chi connectivity index (χ2v) is 5.69. The SMILES string of the molecule is COC(=O)c1cn(C2CCN(Cc3cccn3C)CC2)nn1. The van der Waals surface area contributed by atoms with Gasteiger partial charge in [-0.15, -0.1) is 5.10 Å². The van der Waals surface area contributed by atoms with Crippen molar-refractivity contribution in [3.8, 4) is 0 Å². The molecule has 3 heterocycles. The average molecular weight is 303 g/mol. The quantitative estimate of drug-likeness (QED) is 0.795. The number of carbonyl (C=O) groups is 1. The van der Waals surface area contributed by atoms with Crippen LogP contribution in [-0.4, -0.2) is 50.6 Å². The molecule has 22 heavy (non-hydrogen) atoms. The fraction of sp³-hybridized carbons (Fsp3) is 0.533. The molecule has 1 aliphatic heterocycles. The number of ether oxygens (including phenoxy) is 1. The molecule has 1 fully saturated rings. The summed E-state index contributed by atoms with van der Waals surface area (Å²) >= 11 is 0. The first-order valence-electron chi connectivity index (χ1n) is 7.50. The van der Waals surface area contributed by atoms with E-state index in [2.05, 4.69) is 49.9 Å². The van der Waals surface area contributed by atoms with Gasteiger partial charge in [0, 0.05) is 38.6 Å². The number of likely N-dealkylation sites (tertiary alicyclic amines) is 1. The number of carbonyl (C=O) groups excluding carboxylic acids is 1. The molecule has 0 amide bonds. The Morgan fingerprint density at radius 2 is 2.18 bits per heavy atom. The number of esters is 1. The lowest BCUT2D eigenvalue weighted by atomic mass is 10.1. The molecule has 0 atom stereocenters. The van der Waals surface area contributed by atoms with Gasteiger partial charge in [-0.1, -0.05) is 5.21 Å². The number of aryl methyl sites for hydroxylation is 1. The number of aromatic nitrogens is 4. The zero-order valence-electron chi connectivity index (χ0n) is 13.0. The van der Waals surface area contributed by atoms with Crippen molar-refractivity contribution in [2.24, 2.45) is 7.05 Å². The maximum Gasteiger partial charge on any atom is 0.360 e. The highest BCUT2D eigenvalue weighted by Gasteiger charge is 2.23. The predicted octanol–water partition coefficient (Wildman–Crippen LogP) is 1.24. The van der Waals surface area contributed by atoms with Crippen LogP contribution in [0.5, 0.6) is 0 Å². The van der Waals surface area contributed by atoms with Gasteiger partial charge in [-0.3, -0.25) is 4.90 Å². The summed E-state index contributed by atoms with van der Waals surface area (Å²) in [6, 6.07) is 4.54. The average Bonchev–Trinajstić information content (AvgIpc) is 3.17. The lowest BCUT2D eigenvalue weighted by molar-refractivity contribution is 0.0594. The molecule has 0 unspecified atom stereocenters. The third-order valence-corrected chi connectivity index (χ3v) is 4.27. The Morgan fingerprint density at radius 1 is 1.41 bits per heavy atom. The summed E-state index contributed by atoms with van der Waals surface area (Å²) in [4.78, 5) is 13.9. The molecule has 0 saturated carbocycles. The molecule has 2 aromatic rings. The molecule has 2 aromatic heterocycles. The van der Waals surface area contributed by atoms with Gasteiger partial charge in [-0.25, -0.2) is 9.48 Å². The summed E-state index contributed by atoms with van der Waals surface area (Å²) < 4.78 is 8.62. The van der Waals surface area contributed by atoms with Gasteiger partial charge in [-0.05, 0) is 25.0 Å². The highest BCUT2D eigenvalue weighted by molar-refractivity contribution is 5.86. The second kappa shape index (κ2) is 6.31. The monoisotopic (exact) mass is 303 g/mol. The van der Waals surface area contributed by atoms with Crippen LogP contribution < -0.4 is 0 Å². The molecule has 0 aromatic carbocycles. The van der Waals surface area contributed by atoms with Crippen LogP contribution in [0, 0.1) is 0 Å². The molecule has 7 heteroatoms. The molecule has 1 saturated heterocycles. The Kier molecular flexibility index (Phi) is 4.24. The number of piperidine rings is 1. The Bertz CT molecular complexity index is 640. The minimum Gasteiger partial charge on any atom is -0.464 e. The van der Waals surface area contributed by atoms with E-state index in [1.54, 1.807) is 10.9 Å². The van der Waals surface area contributed by atoms with E-state index in [1.807, 2.05) is 0 Å². The first kappa shape index (κ1) is 14.8. The van der Waals surface area contributed by atoms with Crippen LogP contribution in [0.4, 0.5) is 0 Å². The molecule has 7 nitrogen and oxygen atoms in total. The van der Waals surface area contributed by atoms with Crippen molar-refractivity contribution in [3.05, 3.63) is 35.9 Å². The number of hydrogen-bond acceptors (Lipinski definition) is 5. The van der Waals surface area contributed by atoms with Crippen molar-refractivity contribution in [3.63, 3.8) is 0 Å². The number of nitrogens with zero attached hydrogens (tertiary/aromatic N) is 5. The van der Waals surface area contributed by atoms with E-state index in [-0.39, 0.29) is 5.69 Å². The van der Waals surface area contributed by atoms with Crippen LogP contribution in [0.1, 0.15) is 35.1 Å². The Balaban J connectivity index is 1.56. The molecule has 1 aliphatic rings. The van der Waals surface area contributed by atoms with Crippen molar-refractivity contribution in [2.75, 3.05) is 20.2 Å². The molecule has 0 spiro atoms. The van der Waals surface area contributed by atoms with Gasteiger partial charge < -0.3 is 9.30 Å². The van der Waals surface area contributed by atoms with Gasteiger partial charge in [0.2, 0.25) is 0 Å². The van der Waals surface area contributed by atoms with Gasteiger partial charge in [0.25, 0.3) is 0 Å². The third-order valence-electron chi connectivity index (χ3n) is 4.27. The summed E-state index contributed by atoms with van der Waals surface area (Å²) in [6.07, 6.45) is 5.78. The molecular formula is C15H21N5O2. The lowest BCUT2D eigenvalue weighted by Crippen LogP contribution is -2.34. The van der Waals surface area contributed by atoms with Crippen molar-refractivity contribution >= 4 is 5.97 Å². The minimum atomic E-state index is -0.438. The molecule has 0 radical (unpaired) electrons. The molecule has 0 aliphatic carbocycles. The van der Waals surface area contributed by atoms with Crippen LogP contribution in [0.2, 0.25) is 0 Å². The fourth-order valence-corrected chi connectivity index (χ4v) is 2.89. The predicted molar refractivity (Wildman–Crippen MR) is 80.3 cm³/mol. The van der Waals surface area contributed by atoms with Crippen LogP contribution in [0.25, 0.3) is 0 Å². The van der Waals surface area contributed by atoms with Crippen LogP contribution in [0.15, 0.2) is 24.5 Å². The maximum absolute atomic E-state index is 11.4. The van der Waals surface area contributed by atoms with Crippen LogP contribution >= 0.6 is 0 Å². The van der Waals surface area contributed by atoms with E-state index in [0.717, 1.165) is 32.5 Å². The second-order valence-electron chi connectivity index (χ2n) is 5.69. The van der Waals surface area contributed by atoms with Gasteiger partial charge in [-0.2, -0.15) is 0 Å². The molecule has 0 bridgehead atoms. The normalized spacial score (nSPS) is 16.8. The van der Waals surface area contributed by atoms with Crippen molar-refractivity contribution in [2.45, 2.75) is 25.4 Å². The molecule has 3 rings (SSSR count). The van der Waals surface area contributed by atoms with Crippen molar-refractivity contribution in [1.29, 1.82) is 0 Å². The number of hydrogen-bond donors (Lipinski definition) is 0. The number of rotatable bonds is 4. The van der Waals surface area contributed by atoms with Gasteiger partial charge in [0.1, 0.15) is 0 Å². The highest BCUT2D eigenvalue weighted by atomic mass is 16.5. The summed E-state index contributed by atoms with van der Waals surface area (Å²) in [7, 11) is 3.43. The van der Waals surface area contributed by atoms with Gasteiger partial charge >= 0.3 is 5.97 Å². The minimum absolute atomic E-state index is 0.272. The molecular weight excluding hydrogens is 282 g/mol. The Hall–Kier alpha value is -2.15. The largest absolute Gasteiger partial charge is 0.464 e. The van der Waals surface area contributed by atoms with Crippen molar-refractivity contribution < 1.29 is 9.53 Å². The summed E-state index contributed by atoms with van der Waals surface area (Å²) in [5.74, 6) is -0.438. The van der Waals surface area contributed by atoms with Crippen molar-refractivity contribution in [1.82, 2.24) is 24.5 Å². The summed E-state index contributed by atoms with van der Waals surface area (Å²) in [5, 5.41) is 7.94. The van der Waals surface area contributed by atoms with E-state index in [1.165, 1.54) is 12.8 Å². The molecule has 118 valence electrons. The van der Waals surface area contributed by atoms with E-state index in [9.17, 15) is 4.79 Å². The van der Waals surface area contributed by atoms with E-state index >= 15 is 0 Å². The zero-order valence-corrected chi connectivity index (χ0v) is 13.0. The third kappa shape index (κ3) is 3.04. The fourth-order valence-electron chi connectivity index (χ4n) is 2.89. The Morgan fingerprint density at radius 3 is 2.82 bits per heavy atom. The van der Waals surface area contributed by atoms with E-state index in [0.29, 0.717) is 6.04 Å². The summed E-state index contributed by atoms with van der Waals surface area (Å²) in [6.45, 7) is 3.01. The Labute approximate surface area is 129 Å². The smallest absolute Gasteiger partial charge is 0.360 e. The highest BCUT2D eigenvalue weighted by Crippen LogP contribution is 2.23. The maximum atomic E-state index is 11.4. The topological polar surface area (TPSA) is 65.2 Å². The molecule has 0 N–H and O–H groups in total. The lowest BCUT2D eigenvalue weighted by Gasteiger charge is -2.31. The first-order valence-corrected chi connectivity index (χ1v) is 7.50. The van der Waals surface area contributed by atoms with Crippen LogP contribution in [-0.2, 0) is 18.3 Å². The summed E-state index contributed by atoms with van der Waals surface area (Å²) in [5.41, 5.74) is 1.60. The van der Waals surface area contributed by atoms with Gasteiger partial charge in [0.05, 0.1) is 19.3 Å².